The Kier molecular flexibility index (Phi) is 11.6. The third kappa shape index (κ3) is 7.92. The van der Waals surface area contributed by atoms with Crippen molar-refractivity contribution in [1.29, 1.82) is 0 Å². The Labute approximate surface area is 217 Å². The third-order valence-electron chi connectivity index (χ3n) is 5.81. The van der Waals surface area contributed by atoms with E-state index in [-0.39, 0.29) is 19.1 Å². The number of hydrogen-bond acceptors (Lipinski definition) is 10. The number of thioether (sulfide) groups is 1. The molecule has 1 aliphatic rings. The largest absolute Gasteiger partial charge is 0.510 e. The van der Waals surface area contributed by atoms with Crippen LogP contribution in [0, 0.1) is 0 Å². The number of nitrogens with one attached hydrogen (secondary N) is 1. The summed E-state index contributed by atoms with van der Waals surface area (Å²) >= 11 is 1.59. The molecule has 0 bridgehead atoms. The zero-order chi connectivity index (χ0) is 26.7. The zero-order valence-electron chi connectivity index (χ0n) is 22.0. The van der Waals surface area contributed by atoms with Gasteiger partial charge in [-0.05, 0) is 64.3 Å². The molecule has 0 spiro atoms. The Morgan fingerprint density at radius 2 is 1.86 bits per heavy atom. The standard InChI is InChI=1S/C25H38N2O8S/c1-7-33-23(29)20(11-9-18-15-19(31-5)10-12-21(18)32-6)26-17(3)22(28)27-13-14-36-16-25(27,4)35-24(30)34-8-2/h10,12,15,17,20,26H,7-9,11,13-14,16H2,1-6H3/t17-,20?,25?/m0/s1. The van der Waals surface area contributed by atoms with Gasteiger partial charge in [0, 0.05) is 12.3 Å². The van der Waals surface area contributed by atoms with E-state index in [0.717, 1.165) is 5.56 Å². The first-order valence-corrected chi connectivity index (χ1v) is 13.2. The lowest BCUT2D eigenvalue weighted by atomic mass is 10.0. The molecule has 2 unspecified atom stereocenters. The van der Waals surface area contributed by atoms with Gasteiger partial charge in [0.25, 0.3) is 0 Å². The van der Waals surface area contributed by atoms with Crippen LogP contribution in [-0.2, 0) is 30.2 Å². The summed E-state index contributed by atoms with van der Waals surface area (Å²) < 4.78 is 26.5. The first-order chi connectivity index (χ1) is 17.2. The number of methoxy groups -OCH3 is 2. The van der Waals surface area contributed by atoms with Crippen molar-refractivity contribution >= 4 is 29.8 Å². The molecule has 0 aromatic heterocycles. The molecule has 0 saturated carbocycles. The highest BCUT2D eigenvalue weighted by molar-refractivity contribution is 7.99. The van der Waals surface area contributed by atoms with Crippen molar-refractivity contribution < 1.29 is 38.1 Å². The molecule has 1 saturated heterocycles. The maximum absolute atomic E-state index is 13.5. The summed E-state index contributed by atoms with van der Waals surface area (Å²) in [6.45, 7) is 7.59. The molecule has 1 fully saturated rings. The van der Waals surface area contributed by atoms with E-state index in [1.165, 1.54) is 4.90 Å². The molecule has 36 heavy (non-hydrogen) atoms. The summed E-state index contributed by atoms with van der Waals surface area (Å²) in [5.41, 5.74) is -0.286. The molecule has 1 aromatic rings. The maximum atomic E-state index is 13.5. The number of carbonyl (C=O) groups excluding carboxylic acids is 3. The fraction of sp³-hybridized carbons (Fsp3) is 0.640. The van der Waals surface area contributed by atoms with Gasteiger partial charge in [-0.2, -0.15) is 11.8 Å². The van der Waals surface area contributed by atoms with E-state index in [0.29, 0.717) is 42.4 Å². The Morgan fingerprint density at radius 3 is 2.50 bits per heavy atom. The van der Waals surface area contributed by atoms with Crippen LogP contribution in [0.2, 0.25) is 0 Å². The Hall–Kier alpha value is -2.66. The van der Waals surface area contributed by atoms with E-state index < -0.39 is 29.9 Å². The van der Waals surface area contributed by atoms with Gasteiger partial charge in [-0.25, -0.2) is 4.79 Å². The molecule has 0 aliphatic carbocycles. The second-order valence-corrected chi connectivity index (χ2v) is 9.52. The lowest BCUT2D eigenvalue weighted by Crippen LogP contribution is -2.62. The molecule has 0 radical (unpaired) electrons. The zero-order valence-corrected chi connectivity index (χ0v) is 22.8. The fourth-order valence-corrected chi connectivity index (χ4v) is 5.03. The first-order valence-electron chi connectivity index (χ1n) is 12.1. The van der Waals surface area contributed by atoms with Gasteiger partial charge in [0.2, 0.25) is 5.91 Å². The van der Waals surface area contributed by atoms with Crippen LogP contribution in [0.15, 0.2) is 18.2 Å². The van der Waals surface area contributed by atoms with Crippen molar-refractivity contribution in [2.75, 3.05) is 45.5 Å². The van der Waals surface area contributed by atoms with Crippen LogP contribution in [0.25, 0.3) is 0 Å². The van der Waals surface area contributed by atoms with E-state index in [2.05, 4.69) is 5.32 Å². The van der Waals surface area contributed by atoms with Crippen LogP contribution < -0.4 is 14.8 Å². The quantitative estimate of drug-likeness (QED) is 0.408. The summed E-state index contributed by atoms with van der Waals surface area (Å²) in [4.78, 5) is 39.8. The van der Waals surface area contributed by atoms with Crippen molar-refractivity contribution in [3.63, 3.8) is 0 Å². The molecular formula is C25H38N2O8S. The highest BCUT2D eigenvalue weighted by Crippen LogP contribution is 2.29. The van der Waals surface area contributed by atoms with E-state index in [1.54, 1.807) is 59.7 Å². The summed E-state index contributed by atoms with van der Waals surface area (Å²) in [5, 5.41) is 3.13. The molecule has 11 heteroatoms. The summed E-state index contributed by atoms with van der Waals surface area (Å²) in [6.07, 6.45) is 0.0337. The van der Waals surface area contributed by atoms with Gasteiger partial charge in [0.1, 0.15) is 17.5 Å². The van der Waals surface area contributed by atoms with Gasteiger partial charge in [-0.15, -0.1) is 0 Å². The topological polar surface area (TPSA) is 113 Å². The SMILES string of the molecule is CCOC(=O)OC1(C)CSCCN1C(=O)[C@H](C)NC(CCc1cc(OC)ccc1OC)C(=O)OCC. The minimum atomic E-state index is -1.16. The second-order valence-electron chi connectivity index (χ2n) is 8.41. The van der Waals surface area contributed by atoms with Gasteiger partial charge in [-0.1, -0.05) is 0 Å². The summed E-state index contributed by atoms with van der Waals surface area (Å²) in [6, 6.07) is 4.00. The number of amides is 1. The van der Waals surface area contributed by atoms with Gasteiger partial charge in [-0.3, -0.25) is 14.9 Å². The number of hydrogen-bond donors (Lipinski definition) is 1. The van der Waals surface area contributed by atoms with Gasteiger partial charge >= 0.3 is 12.1 Å². The van der Waals surface area contributed by atoms with Crippen molar-refractivity contribution in [1.82, 2.24) is 10.2 Å². The lowest BCUT2D eigenvalue weighted by Gasteiger charge is -2.44. The van der Waals surface area contributed by atoms with Crippen molar-refractivity contribution in [3.8, 4) is 11.5 Å². The van der Waals surface area contributed by atoms with Crippen LogP contribution in [-0.4, -0.2) is 86.2 Å². The minimum Gasteiger partial charge on any atom is -0.497 e. The average molecular weight is 527 g/mol. The van der Waals surface area contributed by atoms with E-state index in [9.17, 15) is 14.4 Å². The molecular weight excluding hydrogens is 488 g/mol. The predicted octanol–water partition coefficient (Wildman–Crippen LogP) is 3.01. The first kappa shape index (κ1) is 29.6. The number of benzene rings is 1. The van der Waals surface area contributed by atoms with Gasteiger partial charge < -0.3 is 28.6 Å². The molecule has 3 atom stereocenters. The molecule has 1 heterocycles. The predicted molar refractivity (Wildman–Crippen MR) is 136 cm³/mol. The molecule has 1 amide bonds. The van der Waals surface area contributed by atoms with Crippen molar-refractivity contribution in [3.05, 3.63) is 23.8 Å². The number of esters is 1. The van der Waals surface area contributed by atoms with Crippen molar-refractivity contribution in [2.45, 2.75) is 58.3 Å². The second kappa shape index (κ2) is 14.2. The molecule has 1 N–H and O–H groups in total. The van der Waals surface area contributed by atoms with Crippen LogP contribution in [0.5, 0.6) is 11.5 Å². The Balaban J connectivity index is 2.16. The molecule has 2 rings (SSSR count). The third-order valence-corrected chi connectivity index (χ3v) is 7.03. The van der Waals surface area contributed by atoms with Gasteiger partial charge in [0.15, 0.2) is 5.72 Å². The summed E-state index contributed by atoms with van der Waals surface area (Å²) in [5.74, 6) is 1.76. The van der Waals surface area contributed by atoms with Crippen molar-refractivity contribution in [2.24, 2.45) is 0 Å². The highest BCUT2D eigenvalue weighted by Gasteiger charge is 2.43. The number of rotatable bonds is 12. The van der Waals surface area contributed by atoms with E-state index >= 15 is 0 Å². The van der Waals surface area contributed by atoms with E-state index in [1.807, 2.05) is 12.1 Å². The van der Waals surface area contributed by atoms with Gasteiger partial charge in [0.05, 0.1) is 39.2 Å². The van der Waals surface area contributed by atoms with Crippen LogP contribution >= 0.6 is 11.8 Å². The number of ether oxygens (including phenoxy) is 5. The van der Waals surface area contributed by atoms with E-state index in [4.69, 9.17) is 23.7 Å². The number of nitrogens with zero attached hydrogens (tertiary/aromatic N) is 1. The average Bonchev–Trinajstić information content (AvgIpc) is 2.85. The maximum Gasteiger partial charge on any atom is 0.510 e. The van der Waals surface area contributed by atoms with Crippen LogP contribution in [0.1, 0.15) is 39.7 Å². The molecule has 1 aliphatic heterocycles. The lowest BCUT2D eigenvalue weighted by molar-refractivity contribution is -0.158. The fourth-order valence-electron chi connectivity index (χ4n) is 3.98. The molecule has 1 aromatic carbocycles. The number of aryl methyl sites for hydroxylation is 1. The molecule has 10 nitrogen and oxygen atoms in total. The number of carbonyl (C=O) groups is 3. The normalized spacial score (nSPS) is 19.1. The van der Waals surface area contributed by atoms with Crippen LogP contribution in [0.3, 0.4) is 0 Å². The smallest absolute Gasteiger partial charge is 0.497 e. The Morgan fingerprint density at radius 1 is 1.14 bits per heavy atom. The Bertz CT molecular complexity index is 899. The van der Waals surface area contributed by atoms with Crippen LogP contribution in [0.4, 0.5) is 4.79 Å². The summed E-state index contributed by atoms with van der Waals surface area (Å²) in [7, 11) is 3.17. The minimum absolute atomic E-state index is 0.174. The highest BCUT2D eigenvalue weighted by atomic mass is 32.2. The monoisotopic (exact) mass is 526 g/mol. The molecule has 202 valence electrons.